The van der Waals surface area contributed by atoms with Gasteiger partial charge >= 0.3 is 0 Å². The lowest BCUT2D eigenvalue weighted by Crippen LogP contribution is -2.40. The SMILES string of the molecule is OC[C@@H]1OC(O)CC[C@@H]1O. The Morgan fingerprint density at radius 1 is 1.30 bits per heavy atom. The van der Waals surface area contributed by atoms with Gasteiger partial charge in [-0.05, 0) is 6.42 Å². The summed E-state index contributed by atoms with van der Waals surface area (Å²) in [6, 6.07) is 0. The molecular weight excluding hydrogens is 136 g/mol. The number of rotatable bonds is 1. The van der Waals surface area contributed by atoms with Gasteiger partial charge in [-0.15, -0.1) is 0 Å². The van der Waals surface area contributed by atoms with Crippen LogP contribution in [0.3, 0.4) is 0 Å². The maximum absolute atomic E-state index is 9.09. The van der Waals surface area contributed by atoms with E-state index >= 15 is 0 Å². The van der Waals surface area contributed by atoms with Crippen molar-refractivity contribution in [2.75, 3.05) is 6.61 Å². The predicted molar refractivity (Wildman–Crippen MR) is 33.2 cm³/mol. The van der Waals surface area contributed by atoms with Crippen LogP contribution in [0.25, 0.3) is 0 Å². The van der Waals surface area contributed by atoms with E-state index in [1.807, 2.05) is 0 Å². The van der Waals surface area contributed by atoms with Gasteiger partial charge in [0, 0.05) is 6.42 Å². The van der Waals surface area contributed by atoms with E-state index in [9.17, 15) is 0 Å². The third-order valence-electron chi connectivity index (χ3n) is 1.65. The van der Waals surface area contributed by atoms with Gasteiger partial charge in [-0.2, -0.15) is 0 Å². The highest BCUT2D eigenvalue weighted by molar-refractivity contribution is 4.73. The smallest absolute Gasteiger partial charge is 0.155 e. The van der Waals surface area contributed by atoms with E-state index in [-0.39, 0.29) is 6.61 Å². The highest BCUT2D eigenvalue weighted by Gasteiger charge is 2.27. The molecule has 3 N–H and O–H groups in total. The van der Waals surface area contributed by atoms with Crippen molar-refractivity contribution >= 4 is 0 Å². The fraction of sp³-hybridized carbons (Fsp3) is 1.00. The maximum atomic E-state index is 9.09. The topological polar surface area (TPSA) is 69.9 Å². The van der Waals surface area contributed by atoms with Gasteiger partial charge in [0.1, 0.15) is 6.10 Å². The van der Waals surface area contributed by atoms with Gasteiger partial charge in [0.15, 0.2) is 6.29 Å². The Morgan fingerprint density at radius 2 is 2.00 bits per heavy atom. The van der Waals surface area contributed by atoms with E-state index in [0.29, 0.717) is 12.8 Å². The molecule has 1 heterocycles. The summed E-state index contributed by atoms with van der Waals surface area (Å²) < 4.78 is 4.80. The number of ether oxygens (including phenoxy) is 1. The zero-order chi connectivity index (χ0) is 7.56. The van der Waals surface area contributed by atoms with Crippen molar-refractivity contribution in [2.45, 2.75) is 31.3 Å². The molecule has 60 valence electrons. The number of hydrogen-bond acceptors (Lipinski definition) is 4. The molecule has 0 aromatic heterocycles. The van der Waals surface area contributed by atoms with E-state index in [1.54, 1.807) is 0 Å². The van der Waals surface area contributed by atoms with Crippen LogP contribution in [0.4, 0.5) is 0 Å². The Bertz CT molecular complexity index is 106. The number of aliphatic hydroxyl groups is 3. The molecule has 0 saturated carbocycles. The molecule has 1 rings (SSSR count). The minimum absolute atomic E-state index is 0.238. The van der Waals surface area contributed by atoms with E-state index < -0.39 is 18.5 Å². The lowest BCUT2D eigenvalue weighted by atomic mass is 10.1. The van der Waals surface area contributed by atoms with E-state index in [4.69, 9.17) is 20.1 Å². The van der Waals surface area contributed by atoms with Crippen molar-refractivity contribution in [3.63, 3.8) is 0 Å². The van der Waals surface area contributed by atoms with E-state index in [2.05, 4.69) is 0 Å². The molecule has 1 saturated heterocycles. The van der Waals surface area contributed by atoms with Gasteiger partial charge in [-0.3, -0.25) is 0 Å². The Balaban J connectivity index is 2.38. The molecule has 4 nitrogen and oxygen atoms in total. The molecule has 3 atom stereocenters. The molecule has 0 aromatic carbocycles. The molecular formula is C6H12O4. The third-order valence-corrected chi connectivity index (χ3v) is 1.65. The van der Waals surface area contributed by atoms with Crippen LogP contribution in [0, 0.1) is 0 Å². The van der Waals surface area contributed by atoms with Crippen molar-refractivity contribution in [3.05, 3.63) is 0 Å². The molecule has 1 aliphatic heterocycles. The molecule has 0 aromatic rings. The minimum atomic E-state index is -0.819. The normalized spacial score (nSPS) is 41.7. The second kappa shape index (κ2) is 3.30. The minimum Gasteiger partial charge on any atom is -0.394 e. The Labute approximate surface area is 59.1 Å². The lowest BCUT2D eigenvalue weighted by molar-refractivity contribution is -0.207. The number of hydrogen-bond donors (Lipinski definition) is 3. The lowest BCUT2D eigenvalue weighted by Gasteiger charge is -2.29. The zero-order valence-corrected chi connectivity index (χ0v) is 5.60. The van der Waals surface area contributed by atoms with Crippen LogP contribution in [0.2, 0.25) is 0 Å². The summed E-state index contributed by atoms with van der Waals surface area (Å²) in [6.07, 6.45) is -1.12. The summed E-state index contributed by atoms with van der Waals surface area (Å²) in [5, 5.41) is 26.6. The molecule has 1 aliphatic rings. The first-order valence-electron chi connectivity index (χ1n) is 3.36. The van der Waals surface area contributed by atoms with Crippen LogP contribution in [-0.4, -0.2) is 40.4 Å². The zero-order valence-electron chi connectivity index (χ0n) is 5.60. The maximum Gasteiger partial charge on any atom is 0.155 e. The quantitative estimate of drug-likeness (QED) is 0.438. The second-order valence-electron chi connectivity index (χ2n) is 2.46. The first kappa shape index (κ1) is 7.94. The summed E-state index contributed by atoms with van der Waals surface area (Å²) in [4.78, 5) is 0. The highest BCUT2D eigenvalue weighted by atomic mass is 16.6. The van der Waals surface area contributed by atoms with E-state index in [1.165, 1.54) is 0 Å². The highest BCUT2D eigenvalue weighted by Crippen LogP contribution is 2.17. The van der Waals surface area contributed by atoms with Gasteiger partial charge in [-0.25, -0.2) is 0 Å². The molecule has 0 radical (unpaired) electrons. The standard InChI is InChI=1S/C6H12O4/c7-3-5-4(8)1-2-6(9)10-5/h4-9H,1-3H2/t4-,5-,6?/m0/s1. The van der Waals surface area contributed by atoms with Gasteiger partial charge < -0.3 is 20.1 Å². The van der Waals surface area contributed by atoms with Gasteiger partial charge in [0.2, 0.25) is 0 Å². The molecule has 0 aliphatic carbocycles. The average molecular weight is 148 g/mol. The van der Waals surface area contributed by atoms with Crippen molar-refractivity contribution in [1.29, 1.82) is 0 Å². The van der Waals surface area contributed by atoms with Crippen LogP contribution in [-0.2, 0) is 4.74 Å². The van der Waals surface area contributed by atoms with Gasteiger partial charge in [0.05, 0.1) is 12.7 Å². The molecule has 1 unspecified atom stereocenters. The summed E-state index contributed by atoms with van der Waals surface area (Å²) in [5.74, 6) is 0. The van der Waals surface area contributed by atoms with Crippen LogP contribution < -0.4 is 0 Å². The first-order valence-corrected chi connectivity index (χ1v) is 3.36. The fourth-order valence-electron chi connectivity index (χ4n) is 1.02. The van der Waals surface area contributed by atoms with Gasteiger partial charge in [0.25, 0.3) is 0 Å². The molecule has 0 bridgehead atoms. The second-order valence-corrected chi connectivity index (χ2v) is 2.46. The summed E-state index contributed by atoms with van der Waals surface area (Å²) in [5.41, 5.74) is 0. The van der Waals surface area contributed by atoms with Crippen LogP contribution in [0.5, 0.6) is 0 Å². The average Bonchev–Trinajstić information content (AvgIpc) is 1.94. The van der Waals surface area contributed by atoms with Gasteiger partial charge in [-0.1, -0.05) is 0 Å². The van der Waals surface area contributed by atoms with Crippen LogP contribution in [0.1, 0.15) is 12.8 Å². The number of aliphatic hydroxyl groups excluding tert-OH is 3. The van der Waals surface area contributed by atoms with Crippen LogP contribution in [0.15, 0.2) is 0 Å². The molecule has 1 fully saturated rings. The van der Waals surface area contributed by atoms with Crippen molar-refractivity contribution in [3.8, 4) is 0 Å². The fourth-order valence-corrected chi connectivity index (χ4v) is 1.02. The Morgan fingerprint density at radius 3 is 2.50 bits per heavy atom. The summed E-state index contributed by atoms with van der Waals surface area (Å²) >= 11 is 0. The largest absolute Gasteiger partial charge is 0.394 e. The molecule has 0 amide bonds. The molecule has 4 heteroatoms. The Kier molecular flexibility index (Phi) is 2.62. The molecule has 10 heavy (non-hydrogen) atoms. The summed E-state index contributed by atoms with van der Waals surface area (Å²) in [6.45, 7) is -0.238. The predicted octanol–water partition coefficient (Wildman–Crippen LogP) is -1.16. The monoisotopic (exact) mass is 148 g/mol. The summed E-state index contributed by atoms with van der Waals surface area (Å²) in [7, 11) is 0. The van der Waals surface area contributed by atoms with Crippen molar-refractivity contribution < 1.29 is 20.1 Å². The van der Waals surface area contributed by atoms with Crippen LogP contribution >= 0.6 is 0 Å². The van der Waals surface area contributed by atoms with Crippen molar-refractivity contribution in [1.82, 2.24) is 0 Å². The first-order chi connectivity index (χ1) is 4.74. The Hall–Kier alpha value is -0.160. The van der Waals surface area contributed by atoms with E-state index in [0.717, 1.165) is 0 Å². The third kappa shape index (κ3) is 1.67. The molecule has 0 spiro atoms. The van der Waals surface area contributed by atoms with Crippen molar-refractivity contribution in [2.24, 2.45) is 0 Å².